The smallest absolute Gasteiger partial charge is 0.113 e. The van der Waals surface area contributed by atoms with E-state index in [2.05, 4.69) is 36.4 Å². The van der Waals surface area contributed by atoms with Crippen molar-refractivity contribution in [2.45, 2.75) is 44.6 Å². The summed E-state index contributed by atoms with van der Waals surface area (Å²) >= 11 is 0. The molecule has 1 saturated heterocycles. The Hall–Kier alpha value is -2.54. The van der Waals surface area contributed by atoms with Crippen LogP contribution in [0.2, 0.25) is 0 Å². The summed E-state index contributed by atoms with van der Waals surface area (Å²) in [5, 5.41) is 7.00. The second-order valence-corrected chi connectivity index (χ2v) is 7.79. The van der Waals surface area contributed by atoms with Crippen LogP contribution in [0.15, 0.2) is 91.0 Å². The highest BCUT2D eigenvalue weighted by molar-refractivity contribution is 5.15. The normalized spacial score (nSPS) is 20.0. The third-order valence-electron chi connectivity index (χ3n) is 5.45. The second kappa shape index (κ2) is 14.6. The highest BCUT2D eigenvalue weighted by Gasteiger charge is 2.36. The zero-order chi connectivity index (χ0) is 23.1. The molecule has 0 amide bonds. The first kappa shape index (κ1) is 25.1. The van der Waals surface area contributed by atoms with Crippen LogP contribution in [-0.2, 0) is 38.8 Å². The van der Waals surface area contributed by atoms with Gasteiger partial charge in [-0.15, -0.1) is 0 Å². The summed E-state index contributed by atoms with van der Waals surface area (Å²) < 4.78 is 24.7. The third kappa shape index (κ3) is 8.39. The van der Waals surface area contributed by atoms with Crippen molar-refractivity contribution in [1.29, 1.82) is 0 Å². The lowest BCUT2D eigenvalue weighted by atomic mass is 10.0. The molecule has 1 aliphatic rings. The fourth-order valence-corrected chi connectivity index (χ4v) is 3.78. The molecule has 3 aromatic rings. The van der Waals surface area contributed by atoms with Crippen LogP contribution in [0.1, 0.15) is 23.1 Å². The van der Waals surface area contributed by atoms with Gasteiger partial charge in [-0.25, -0.2) is 0 Å². The molecule has 0 bridgehead atoms. The van der Waals surface area contributed by atoms with Gasteiger partial charge in [0.2, 0.25) is 0 Å². The molecular formula is C28H34O5. The molecule has 3 unspecified atom stereocenters. The number of ether oxygens (including phenoxy) is 4. The molecule has 5 heteroatoms. The molecule has 176 valence electrons. The number of aliphatic hydroxyl groups is 1. The first-order valence-corrected chi connectivity index (χ1v) is 11.4. The molecule has 1 N–H and O–H groups in total. The van der Waals surface area contributed by atoms with Gasteiger partial charge in [0.05, 0.1) is 32.5 Å². The number of aliphatic hydroxyl groups excluding tert-OH is 1. The van der Waals surface area contributed by atoms with E-state index in [1.807, 2.05) is 54.6 Å². The summed E-state index contributed by atoms with van der Waals surface area (Å²) in [6.45, 7) is 2.76. The standard InChI is InChI=1S/C27H30O4.CH4O/c1-4-10-22(11-5-1)18-28-21-26-27(31-20-24-14-8-3-9-15-24)25(16-17-29-26)30-19-23-12-6-2-7-13-23;1-2/h1-15,25-27H,16-21H2;2H,1H3. The van der Waals surface area contributed by atoms with Crippen LogP contribution in [0.3, 0.4) is 0 Å². The maximum Gasteiger partial charge on any atom is 0.113 e. The zero-order valence-corrected chi connectivity index (χ0v) is 19.2. The van der Waals surface area contributed by atoms with Crippen LogP contribution in [0.4, 0.5) is 0 Å². The molecule has 0 aliphatic carbocycles. The van der Waals surface area contributed by atoms with Crippen molar-refractivity contribution in [3.63, 3.8) is 0 Å². The molecule has 33 heavy (non-hydrogen) atoms. The van der Waals surface area contributed by atoms with E-state index in [9.17, 15) is 0 Å². The minimum absolute atomic E-state index is 0.0389. The average molecular weight is 451 g/mol. The van der Waals surface area contributed by atoms with Crippen molar-refractivity contribution in [1.82, 2.24) is 0 Å². The Labute approximate surface area is 196 Å². The van der Waals surface area contributed by atoms with Gasteiger partial charge in [0.25, 0.3) is 0 Å². The van der Waals surface area contributed by atoms with Crippen LogP contribution in [0.5, 0.6) is 0 Å². The van der Waals surface area contributed by atoms with Crippen molar-refractivity contribution in [3.05, 3.63) is 108 Å². The van der Waals surface area contributed by atoms with Crippen LogP contribution in [0.25, 0.3) is 0 Å². The molecule has 0 spiro atoms. The summed E-state index contributed by atoms with van der Waals surface area (Å²) in [4.78, 5) is 0. The lowest BCUT2D eigenvalue weighted by molar-refractivity contribution is -0.197. The van der Waals surface area contributed by atoms with Gasteiger partial charge in [0, 0.05) is 13.7 Å². The summed E-state index contributed by atoms with van der Waals surface area (Å²) in [5.41, 5.74) is 3.45. The molecular weight excluding hydrogens is 416 g/mol. The van der Waals surface area contributed by atoms with Crippen molar-refractivity contribution < 1.29 is 24.1 Å². The van der Waals surface area contributed by atoms with E-state index in [-0.39, 0.29) is 18.3 Å². The monoisotopic (exact) mass is 450 g/mol. The van der Waals surface area contributed by atoms with E-state index < -0.39 is 0 Å². The molecule has 1 fully saturated rings. The Balaban J connectivity index is 0.00000149. The van der Waals surface area contributed by atoms with Gasteiger partial charge in [-0.1, -0.05) is 91.0 Å². The van der Waals surface area contributed by atoms with E-state index in [1.165, 1.54) is 0 Å². The fraction of sp³-hybridized carbons (Fsp3) is 0.357. The number of rotatable bonds is 10. The largest absolute Gasteiger partial charge is 0.400 e. The highest BCUT2D eigenvalue weighted by Crippen LogP contribution is 2.24. The van der Waals surface area contributed by atoms with Crippen molar-refractivity contribution in [2.75, 3.05) is 20.3 Å². The van der Waals surface area contributed by atoms with Gasteiger partial charge in [0.1, 0.15) is 12.2 Å². The first-order valence-electron chi connectivity index (χ1n) is 11.4. The van der Waals surface area contributed by atoms with E-state index in [4.69, 9.17) is 24.1 Å². The predicted octanol–water partition coefficient (Wildman–Crippen LogP) is 4.77. The molecule has 4 rings (SSSR count). The first-order chi connectivity index (χ1) is 16.4. The maximum absolute atomic E-state index is 7.00. The number of hydrogen-bond donors (Lipinski definition) is 1. The van der Waals surface area contributed by atoms with Crippen molar-refractivity contribution in [3.8, 4) is 0 Å². The molecule has 1 aliphatic heterocycles. The summed E-state index contributed by atoms with van der Waals surface area (Å²) in [6.07, 6.45) is 0.417. The summed E-state index contributed by atoms with van der Waals surface area (Å²) in [7, 11) is 1.00. The molecule has 0 aromatic heterocycles. The van der Waals surface area contributed by atoms with E-state index in [0.29, 0.717) is 33.0 Å². The maximum atomic E-state index is 7.00. The Morgan fingerprint density at radius 3 is 1.73 bits per heavy atom. The Morgan fingerprint density at radius 2 is 1.18 bits per heavy atom. The lowest BCUT2D eigenvalue weighted by Crippen LogP contribution is -2.49. The van der Waals surface area contributed by atoms with Gasteiger partial charge in [-0.3, -0.25) is 0 Å². The average Bonchev–Trinajstić information content (AvgIpc) is 2.90. The minimum atomic E-state index is -0.187. The van der Waals surface area contributed by atoms with Gasteiger partial charge in [-0.05, 0) is 23.1 Å². The van der Waals surface area contributed by atoms with Crippen LogP contribution in [-0.4, -0.2) is 43.7 Å². The molecule has 0 radical (unpaired) electrons. The fourth-order valence-electron chi connectivity index (χ4n) is 3.78. The van der Waals surface area contributed by atoms with E-state index >= 15 is 0 Å². The van der Waals surface area contributed by atoms with E-state index in [1.54, 1.807) is 0 Å². The zero-order valence-electron chi connectivity index (χ0n) is 19.2. The number of hydrogen-bond acceptors (Lipinski definition) is 5. The Kier molecular flexibility index (Phi) is 11.1. The van der Waals surface area contributed by atoms with Crippen molar-refractivity contribution >= 4 is 0 Å². The van der Waals surface area contributed by atoms with Gasteiger partial charge in [0.15, 0.2) is 0 Å². The second-order valence-electron chi connectivity index (χ2n) is 7.79. The number of benzene rings is 3. The minimum Gasteiger partial charge on any atom is -0.400 e. The van der Waals surface area contributed by atoms with Crippen molar-refractivity contribution in [2.24, 2.45) is 0 Å². The van der Waals surface area contributed by atoms with Crippen LogP contribution >= 0.6 is 0 Å². The molecule has 3 atom stereocenters. The molecule has 1 heterocycles. The van der Waals surface area contributed by atoms with Crippen LogP contribution < -0.4 is 0 Å². The molecule has 5 nitrogen and oxygen atoms in total. The van der Waals surface area contributed by atoms with Gasteiger partial charge < -0.3 is 24.1 Å². The predicted molar refractivity (Wildman–Crippen MR) is 129 cm³/mol. The van der Waals surface area contributed by atoms with E-state index in [0.717, 1.165) is 30.2 Å². The van der Waals surface area contributed by atoms with Gasteiger partial charge in [-0.2, -0.15) is 0 Å². The third-order valence-corrected chi connectivity index (χ3v) is 5.45. The lowest BCUT2D eigenvalue weighted by Gasteiger charge is -2.37. The quantitative estimate of drug-likeness (QED) is 0.482. The molecule has 0 saturated carbocycles. The van der Waals surface area contributed by atoms with Crippen LogP contribution in [0, 0.1) is 0 Å². The Morgan fingerprint density at radius 1 is 0.697 bits per heavy atom. The molecule has 3 aromatic carbocycles. The Bertz CT molecular complexity index is 873. The summed E-state index contributed by atoms with van der Waals surface area (Å²) in [5.74, 6) is 0. The highest BCUT2D eigenvalue weighted by atomic mass is 16.6. The van der Waals surface area contributed by atoms with Gasteiger partial charge >= 0.3 is 0 Å². The SMILES string of the molecule is CO.c1ccc(COCC2OCCC(OCc3ccccc3)C2OCc2ccccc2)cc1. The summed E-state index contributed by atoms with van der Waals surface area (Å²) in [6, 6.07) is 30.7. The topological polar surface area (TPSA) is 57.2 Å².